The number of hydrogen-bond donors (Lipinski definition) is 1. The van der Waals surface area contributed by atoms with Crippen LogP contribution in [0.2, 0.25) is 0 Å². The second kappa shape index (κ2) is 5.07. The van der Waals surface area contributed by atoms with Crippen molar-refractivity contribution in [3.8, 4) is 0 Å². The highest BCUT2D eigenvalue weighted by atomic mass is 32.2. The molecule has 0 aromatic carbocycles. The molecule has 0 saturated heterocycles. The SMILES string of the molecule is NCCS(=O)(=O)CCc1ccncc1. The molecular formula is C9H14N2O2S. The maximum Gasteiger partial charge on any atom is 0.151 e. The van der Waals surface area contributed by atoms with Crippen LogP contribution >= 0.6 is 0 Å². The fraction of sp³-hybridized carbons (Fsp3) is 0.444. The number of nitrogens with zero attached hydrogens (tertiary/aromatic N) is 1. The molecule has 0 unspecified atom stereocenters. The van der Waals surface area contributed by atoms with Crippen LogP contribution in [0.1, 0.15) is 5.56 Å². The molecule has 5 heteroatoms. The predicted octanol–water partition coefficient (Wildman–Crippen LogP) is -0.00240. The van der Waals surface area contributed by atoms with Gasteiger partial charge in [-0.05, 0) is 24.1 Å². The minimum Gasteiger partial charge on any atom is -0.329 e. The van der Waals surface area contributed by atoms with Gasteiger partial charge in [-0.25, -0.2) is 8.42 Å². The second-order valence-corrected chi connectivity index (χ2v) is 5.35. The third-order valence-electron chi connectivity index (χ3n) is 1.88. The van der Waals surface area contributed by atoms with Crippen molar-refractivity contribution in [3.05, 3.63) is 30.1 Å². The van der Waals surface area contributed by atoms with Gasteiger partial charge in [0, 0.05) is 18.9 Å². The van der Waals surface area contributed by atoms with E-state index in [2.05, 4.69) is 4.98 Å². The number of hydrogen-bond acceptors (Lipinski definition) is 4. The Hall–Kier alpha value is -0.940. The summed E-state index contributed by atoms with van der Waals surface area (Å²) in [7, 11) is -2.98. The van der Waals surface area contributed by atoms with Crippen LogP contribution in [0.3, 0.4) is 0 Å². The summed E-state index contributed by atoms with van der Waals surface area (Å²) in [5, 5.41) is 0. The van der Waals surface area contributed by atoms with E-state index in [0.717, 1.165) is 5.56 Å². The van der Waals surface area contributed by atoms with Crippen LogP contribution in [0.4, 0.5) is 0 Å². The lowest BCUT2D eigenvalue weighted by molar-refractivity contribution is 0.595. The molecule has 0 amide bonds. The van der Waals surface area contributed by atoms with Crippen molar-refractivity contribution in [2.45, 2.75) is 6.42 Å². The first-order chi connectivity index (χ1) is 6.64. The summed E-state index contributed by atoms with van der Waals surface area (Å²) in [6.07, 6.45) is 3.85. The number of rotatable bonds is 5. The van der Waals surface area contributed by atoms with Gasteiger partial charge in [-0.3, -0.25) is 4.98 Å². The molecule has 78 valence electrons. The maximum atomic E-state index is 11.3. The van der Waals surface area contributed by atoms with Gasteiger partial charge in [-0.2, -0.15) is 0 Å². The number of sulfone groups is 1. The van der Waals surface area contributed by atoms with E-state index in [1.807, 2.05) is 12.1 Å². The van der Waals surface area contributed by atoms with Gasteiger partial charge in [-0.1, -0.05) is 0 Å². The number of aryl methyl sites for hydroxylation is 1. The molecule has 0 atom stereocenters. The average molecular weight is 214 g/mol. The van der Waals surface area contributed by atoms with Crippen molar-refractivity contribution in [1.29, 1.82) is 0 Å². The largest absolute Gasteiger partial charge is 0.329 e. The van der Waals surface area contributed by atoms with E-state index in [1.54, 1.807) is 12.4 Å². The molecule has 1 aromatic rings. The van der Waals surface area contributed by atoms with Crippen molar-refractivity contribution in [3.63, 3.8) is 0 Å². The fourth-order valence-corrected chi connectivity index (χ4v) is 2.21. The van der Waals surface area contributed by atoms with Crippen LogP contribution in [0.15, 0.2) is 24.5 Å². The number of aromatic nitrogens is 1. The highest BCUT2D eigenvalue weighted by Crippen LogP contribution is 2.00. The summed E-state index contributed by atoms with van der Waals surface area (Å²) in [5.74, 6) is 0.228. The first kappa shape index (κ1) is 11.1. The first-order valence-corrected chi connectivity index (χ1v) is 6.25. The smallest absolute Gasteiger partial charge is 0.151 e. The summed E-state index contributed by atoms with van der Waals surface area (Å²) < 4.78 is 22.6. The van der Waals surface area contributed by atoms with Crippen LogP contribution in [-0.4, -0.2) is 31.5 Å². The van der Waals surface area contributed by atoms with Crippen molar-refractivity contribution >= 4 is 9.84 Å². The Morgan fingerprint density at radius 2 is 1.86 bits per heavy atom. The zero-order valence-electron chi connectivity index (χ0n) is 7.89. The Labute approximate surface area is 84.1 Å². The molecule has 0 spiro atoms. The van der Waals surface area contributed by atoms with E-state index in [-0.39, 0.29) is 18.1 Å². The zero-order chi connectivity index (χ0) is 10.4. The molecule has 1 rings (SSSR count). The standard InChI is InChI=1S/C9H14N2O2S/c10-4-8-14(12,13)7-3-9-1-5-11-6-2-9/h1-2,5-6H,3-4,7-8,10H2. The van der Waals surface area contributed by atoms with Gasteiger partial charge in [0.05, 0.1) is 11.5 Å². The van der Waals surface area contributed by atoms with E-state index in [1.165, 1.54) is 0 Å². The predicted molar refractivity (Wildman–Crippen MR) is 55.6 cm³/mol. The van der Waals surface area contributed by atoms with E-state index < -0.39 is 9.84 Å². The molecule has 1 heterocycles. The third kappa shape index (κ3) is 3.85. The molecule has 0 fully saturated rings. The van der Waals surface area contributed by atoms with Crippen molar-refractivity contribution in [2.24, 2.45) is 5.73 Å². The summed E-state index contributed by atoms with van der Waals surface area (Å²) in [5.41, 5.74) is 6.18. The highest BCUT2D eigenvalue weighted by molar-refractivity contribution is 7.91. The zero-order valence-corrected chi connectivity index (χ0v) is 8.70. The first-order valence-electron chi connectivity index (χ1n) is 4.43. The number of pyridine rings is 1. The summed E-state index contributed by atoms with van der Waals surface area (Å²) in [6.45, 7) is 0.193. The summed E-state index contributed by atoms with van der Waals surface area (Å²) >= 11 is 0. The Balaban J connectivity index is 2.49. The average Bonchev–Trinajstić information content (AvgIpc) is 2.17. The molecule has 0 aliphatic heterocycles. The lowest BCUT2D eigenvalue weighted by atomic mass is 10.2. The molecule has 0 radical (unpaired) electrons. The molecule has 0 saturated carbocycles. The Bertz CT molecular complexity index is 362. The van der Waals surface area contributed by atoms with E-state index in [9.17, 15) is 8.42 Å². The Kier molecular flexibility index (Phi) is 4.03. The van der Waals surface area contributed by atoms with Crippen LogP contribution in [0, 0.1) is 0 Å². The van der Waals surface area contributed by atoms with Gasteiger partial charge in [0.1, 0.15) is 0 Å². The van der Waals surface area contributed by atoms with Gasteiger partial charge in [0.25, 0.3) is 0 Å². The Morgan fingerprint density at radius 1 is 1.21 bits per heavy atom. The van der Waals surface area contributed by atoms with Crippen LogP contribution in [0.5, 0.6) is 0 Å². The molecule has 2 N–H and O–H groups in total. The Morgan fingerprint density at radius 3 is 2.43 bits per heavy atom. The van der Waals surface area contributed by atoms with Gasteiger partial charge in [0.15, 0.2) is 9.84 Å². The van der Waals surface area contributed by atoms with Gasteiger partial charge >= 0.3 is 0 Å². The van der Waals surface area contributed by atoms with Crippen LogP contribution in [0.25, 0.3) is 0 Å². The maximum absolute atomic E-state index is 11.3. The third-order valence-corrected chi connectivity index (χ3v) is 3.56. The van der Waals surface area contributed by atoms with Crippen molar-refractivity contribution < 1.29 is 8.42 Å². The topological polar surface area (TPSA) is 73.1 Å². The van der Waals surface area contributed by atoms with Gasteiger partial charge in [-0.15, -0.1) is 0 Å². The fourth-order valence-electron chi connectivity index (χ4n) is 1.10. The van der Waals surface area contributed by atoms with Crippen LogP contribution < -0.4 is 5.73 Å². The van der Waals surface area contributed by atoms with Crippen LogP contribution in [-0.2, 0) is 16.3 Å². The molecule has 1 aromatic heterocycles. The minimum absolute atomic E-state index is 0.0675. The second-order valence-electron chi connectivity index (χ2n) is 3.05. The molecule has 0 bridgehead atoms. The van der Waals surface area contributed by atoms with Gasteiger partial charge in [0.2, 0.25) is 0 Å². The monoisotopic (exact) mass is 214 g/mol. The quantitative estimate of drug-likeness (QED) is 0.748. The molecule has 14 heavy (non-hydrogen) atoms. The van der Waals surface area contributed by atoms with E-state index in [0.29, 0.717) is 6.42 Å². The lowest BCUT2D eigenvalue weighted by Gasteiger charge is -2.02. The summed E-state index contributed by atoms with van der Waals surface area (Å²) in [4.78, 5) is 3.86. The molecule has 4 nitrogen and oxygen atoms in total. The van der Waals surface area contributed by atoms with E-state index >= 15 is 0 Å². The van der Waals surface area contributed by atoms with Crippen molar-refractivity contribution in [2.75, 3.05) is 18.1 Å². The highest BCUT2D eigenvalue weighted by Gasteiger charge is 2.08. The molecule has 0 aliphatic rings. The van der Waals surface area contributed by atoms with Crippen molar-refractivity contribution in [1.82, 2.24) is 4.98 Å². The molecular weight excluding hydrogens is 200 g/mol. The number of nitrogens with two attached hydrogens (primary N) is 1. The minimum atomic E-state index is -2.98. The molecule has 0 aliphatic carbocycles. The van der Waals surface area contributed by atoms with Gasteiger partial charge < -0.3 is 5.73 Å². The summed E-state index contributed by atoms with van der Waals surface area (Å²) in [6, 6.07) is 3.63. The normalized spacial score (nSPS) is 11.5. The lowest BCUT2D eigenvalue weighted by Crippen LogP contribution is -2.19. The van der Waals surface area contributed by atoms with E-state index in [4.69, 9.17) is 5.73 Å².